The molecule has 2 rings (SSSR count). The third-order valence-corrected chi connectivity index (χ3v) is 2.36. The number of rotatable bonds is 2. The fraction of sp³-hybridized carbons (Fsp3) is 0.400. The average Bonchev–Trinajstić information content (AvgIpc) is 2.61. The van der Waals surface area contributed by atoms with Crippen LogP contribution in [0.1, 0.15) is 19.7 Å². The van der Waals surface area contributed by atoms with Gasteiger partial charge < -0.3 is 9.72 Å². The number of H-pyrrole nitrogens is 1. The van der Waals surface area contributed by atoms with Crippen molar-refractivity contribution in [3.63, 3.8) is 0 Å². The summed E-state index contributed by atoms with van der Waals surface area (Å²) in [7, 11) is 1.67. The number of imidazole rings is 1. The van der Waals surface area contributed by atoms with Crippen molar-refractivity contribution < 1.29 is 4.74 Å². The van der Waals surface area contributed by atoms with Crippen molar-refractivity contribution in [2.24, 2.45) is 0 Å². The highest BCUT2D eigenvalue weighted by Crippen LogP contribution is 2.22. The van der Waals surface area contributed by atoms with Gasteiger partial charge in [-0.05, 0) is 19.9 Å². The second-order valence-electron chi connectivity index (χ2n) is 3.69. The Labute approximate surface area is 82.3 Å². The summed E-state index contributed by atoms with van der Waals surface area (Å²) in [5.74, 6) is 0.822. The molecule has 0 saturated heterocycles. The van der Waals surface area contributed by atoms with Crippen molar-refractivity contribution in [3.8, 4) is 0 Å². The molecule has 0 saturated carbocycles. The van der Waals surface area contributed by atoms with Gasteiger partial charge in [-0.15, -0.1) is 0 Å². The summed E-state index contributed by atoms with van der Waals surface area (Å²) in [6.07, 6.45) is 3.49. The van der Waals surface area contributed by atoms with Crippen molar-refractivity contribution in [2.45, 2.75) is 19.4 Å². The van der Waals surface area contributed by atoms with E-state index in [4.69, 9.17) is 4.74 Å². The number of aromatic nitrogens is 3. The highest BCUT2D eigenvalue weighted by molar-refractivity contribution is 5.73. The second-order valence-corrected chi connectivity index (χ2v) is 3.69. The van der Waals surface area contributed by atoms with Crippen LogP contribution in [-0.4, -0.2) is 22.1 Å². The normalized spacial score (nSPS) is 12.2. The molecule has 0 bridgehead atoms. The van der Waals surface area contributed by atoms with Crippen LogP contribution in [0.3, 0.4) is 0 Å². The molecule has 0 aliphatic carbocycles. The summed E-state index contributed by atoms with van der Waals surface area (Å²) >= 11 is 0. The SMILES string of the molecule is COC(C)(C)c1nc2ccncc2[nH]1. The van der Waals surface area contributed by atoms with Gasteiger partial charge in [-0.3, -0.25) is 4.98 Å². The number of pyridine rings is 1. The van der Waals surface area contributed by atoms with Gasteiger partial charge in [0.15, 0.2) is 0 Å². The summed E-state index contributed by atoms with van der Waals surface area (Å²) in [5.41, 5.74) is 1.46. The lowest BCUT2D eigenvalue weighted by Gasteiger charge is -2.19. The predicted molar refractivity (Wildman–Crippen MR) is 53.9 cm³/mol. The molecule has 0 aromatic carbocycles. The van der Waals surface area contributed by atoms with Crippen LogP contribution in [-0.2, 0) is 10.3 Å². The van der Waals surface area contributed by atoms with Crippen LogP contribution in [0, 0.1) is 0 Å². The first kappa shape index (κ1) is 9.15. The molecule has 0 amide bonds. The molecule has 1 N–H and O–H groups in total. The van der Waals surface area contributed by atoms with E-state index in [1.807, 2.05) is 19.9 Å². The third-order valence-electron chi connectivity index (χ3n) is 2.36. The summed E-state index contributed by atoms with van der Waals surface area (Å²) in [6, 6.07) is 1.88. The van der Waals surface area contributed by atoms with Crippen LogP contribution in [0.2, 0.25) is 0 Å². The van der Waals surface area contributed by atoms with Crippen LogP contribution in [0.4, 0.5) is 0 Å². The number of nitrogens with one attached hydrogen (secondary N) is 1. The number of hydrogen-bond acceptors (Lipinski definition) is 3. The van der Waals surface area contributed by atoms with Gasteiger partial charge in [0.25, 0.3) is 0 Å². The summed E-state index contributed by atoms with van der Waals surface area (Å²) in [5, 5.41) is 0. The Kier molecular flexibility index (Phi) is 2.00. The monoisotopic (exact) mass is 191 g/mol. The molecule has 0 radical (unpaired) electrons. The first-order chi connectivity index (χ1) is 6.63. The Hall–Kier alpha value is -1.42. The predicted octanol–water partition coefficient (Wildman–Crippen LogP) is 1.84. The zero-order chi connectivity index (χ0) is 10.2. The topological polar surface area (TPSA) is 50.8 Å². The van der Waals surface area contributed by atoms with E-state index in [-0.39, 0.29) is 5.60 Å². The lowest BCUT2D eigenvalue weighted by Crippen LogP contribution is -2.21. The van der Waals surface area contributed by atoms with E-state index in [0.29, 0.717) is 0 Å². The smallest absolute Gasteiger partial charge is 0.139 e. The van der Waals surface area contributed by atoms with Gasteiger partial charge in [0, 0.05) is 13.3 Å². The maximum absolute atomic E-state index is 5.34. The molecule has 0 fully saturated rings. The van der Waals surface area contributed by atoms with E-state index < -0.39 is 0 Å². The van der Waals surface area contributed by atoms with Gasteiger partial charge >= 0.3 is 0 Å². The Balaban J connectivity index is 2.55. The minimum atomic E-state index is -0.390. The minimum absolute atomic E-state index is 0.390. The summed E-state index contributed by atoms with van der Waals surface area (Å²) in [6.45, 7) is 3.94. The number of fused-ring (bicyclic) bond motifs is 1. The quantitative estimate of drug-likeness (QED) is 0.788. The fourth-order valence-electron chi connectivity index (χ4n) is 1.24. The molecule has 0 aliphatic heterocycles. The van der Waals surface area contributed by atoms with Gasteiger partial charge in [0.05, 0.1) is 17.2 Å². The largest absolute Gasteiger partial charge is 0.371 e. The van der Waals surface area contributed by atoms with Crippen LogP contribution < -0.4 is 0 Å². The standard InChI is InChI=1S/C10H13N3O/c1-10(2,14-3)9-12-7-4-5-11-6-8(7)13-9/h4-6H,1-3H3,(H,12,13). The average molecular weight is 191 g/mol. The molecule has 4 heteroatoms. The molecule has 0 unspecified atom stereocenters. The molecule has 74 valence electrons. The van der Waals surface area contributed by atoms with E-state index in [1.165, 1.54) is 0 Å². The maximum Gasteiger partial charge on any atom is 0.139 e. The molecule has 0 aliphatic rings. The van der Waals surface area contributed by atoms with E-state index in [9.17, 15) is 0 Å². The van der Waals surface area contributed by atoms with E-state index in [1.54, 1.807) is 19.5 Å². The first-order valence-electron chi connectivity index (χ1n) is 4.49. The number of nitrogens with zero attached hydrogens (tertiary/aromatic N) is 2. The Morgan fingerprint density at radius 1 is 1.43 bits per heavy atom. The Bertz CT molecular complexity index is 414. The van der Waals surface area contributed by atoms with Crippen LogP contribution in [0.5, 0.6) is 0 Å². The van der Waals surface area contributed by atoms with Crippen LogP contribution >= 0.6 is 0 Å². The number of ether oxygens (including phenoxy) is 1. The van der Waals surface area contributed by atoms with Crippen molar-refractivity contribution in [1.82, 2.24) is 15.0 Å². The van der Waals surface area contributed by atoms with E-state index in [0.717, 1.165) is 16.9 Å². The van der Waals surface area contributed by atoms with Crippen molar-refractivity contribution >= 4 is 11.0 Å². The van der Waals surface area contributed by atoms with Crippen molar-refractivity contribution in [2.75, 3.05) is 7.11 Å². The third kappa shape index (κ3) is 1.37. The van der Waals surface area contributed by atoms with E-state index >= 15 is 0 Å². The van der Waals surface area contributed by atoms with Crippen LogP contribution in [0.15, 0.2) is 18.5 Å². The molecular weight excluding hydrogens is 178 g/mol. The van der Waals surface area contributed by atoms with Gasteiger partial charge in [0.2, 0.25) is 0 Å². The highest BCUT2D eigenvalue weighted by atomic mass is 16.5. The number of methoxy groups -OCH3 is 1. The maximum atomic E-state index is 5.34. The molecule has 14 heavy (non-hydrogen) atoms. The van der Waals surface area contributed by atoms with E-state index in [2.05, 4.69) is 15.0 Å². The molecule has 4 nitrogen and oxygen atoms in total. The summed E-state index contributed by atoms with van der Waals surface area (Å²) < 4.78 is 5.34. The number of aromatic amines is 1. The Morgan fingerprint density at radius 3 is 2.86 bits per heavy atom. The van der Waals surface area contributed by atoms with Crippen molar-refractivity contribution in [1.29, 1.82) is 0 Å². The molecule has 2 heterocycles. The molecule has 0 atom stereocenters. The Morgan fingerprint density at radius 2 is 2.21 bits per heavy atom. The van der Waals surface area contributed by atoms with Gasteiger partial charge in [-0.2, -0.15) is 0 Å². The lowest BCUT2D eigenvalue weighted by molar-refractivity contribution is 0.0124. The lowest BCUT2D eigenvalue weighted by atomic mass is 10.1. The van der Waals surface area contributed by atoms with Gasteiger partial charge in [0.1, 0.15) is 11.4 Å². The summed E-state index contributed by atoms with van der Waals surface area (Å²) in [4.78, 5) is 11.6. The van der Waals surface area contributed by atoms with Crippen molar-refractivity contribution in [3.05, 3.63) is 24.3 Å². The minimum Gasteiger partial charge on any atom is -0.371 e. The fourth-order valence-corrected chi connectivity index (χ4v) is 1.24. The second kappa shape index (κ2) is 3.06. The molecular formula is C10H13N3O. The highest BCUT2D eigenvalue weighted by Gasteiger charge is 2.23. The first-order valence-corrected chi connectivity index (χ1v) is 4.49. The number of hydrogen-bond donors (Lipinski definition) is 1. The van der Waals surface area contributed by atoms with Gasteiger partial charge in [-0.25, -0.2) is 4.98 Å². The molecule has 0 spiro atoms. The van der Waals surface area contributed by atoms with Gasteiger partial charge in [-0.1, -0.05) is 0 Å². The van der Waals surface area contributed by atoms with Crippen LogP contribution in [0.25, 0.3) is 11.0 Å². The molecule has 2 aromatic rings. The molecule has 2 aromatic heterocycles. The zero-order valence-corrected chi connectivity index (χ0v) is 8.53. The zero-order valence-electron chi connectivity index (χ0n) is 8.53.